The summed E-state index contributed by atoms with van der Waals surface area (Å²) in [5, 5.41) is 0. The van der Waals surface area contributed by atoms with Gasteiger partial charge < -0.3 is 15.5 Å². The van der Waals surface area contributed by atoms with Crippen molar-refractivity contribution < 1.29 is 4.39 Å². The number of halogens is 1. The van der Waals surface area contributed by atoms with Gasteiger partial charge in [0.25, 0.3) is 0 Å². The van der Waals surface area contributed by atoms with Crippen LogP contribution < -0.4 is 10.6 Å². The Bertz CT molecular complexity index is 393. The van der Waals surface area contributed by atoms with E-state index in [1.807, 2.05) is 19.0 Å². The molecule has 0 spiro atoms. The molecule has 0 saturated heterocycles. The van der Waals surface area contributed by atoms with Crippen molar-refractivity contribution in [3.8, 4) is 0 Å². The summed E-state index contributed by atoms with van der Waals surface area (Å²) in [6.45, 7) is 6.83. The van der Waals surface area contributed by atoms with Gasteiger partial charge in [0.15, 0.2) is 11.6 Å². The van der Waals surface area contributed by atoms with Gasteiger partial charge in [-0.25, -0.2) is 9.37 Å². The molecular weight excluding hydrogens is 243 g/mol. The van der Waals surface area contributed by atoms with Crippen LogP contribution in [0.5, 0.6) is 0 Å². The molecule has 0 fully saturated rings. The summed E-state index contributed by atoms with van der Waals surface area (Å²) in [4.78, 5) is 8.28. The van der Waals surface area contributed by atoms with Crippen LogP contribution in [-0.2, 0) is 6.54 Å². The Balaban J connectivity index is 2.95. The van der Waals surface area contributed by atoms with Gasteiger partial charge in [0.2, 0.25) is 0 Å². The Hall–Kier alpha value is -1.20. The lowest BCUT2D eigenvalue weighted by Gasteiger charge is -2.27. The minimum atomic E-state index is -0.288. The molecule has 19 heavy (non-hydrogen) atoms. The van der Waals surface area contributed by atoms with Crippen molar-refractivity contribution in [1.29, 1.82) is 0 Å². The molecule has 0 aliphatic rings. The molecule has 5 heteroatoms. The Kier molecular flexibility index (Phi) is 6.18. The minimum Gasteiger partial charge on any atom is -0.353 e. The van der Waals surface area contributed by atoms with Crippen molar-refractivity contribution in [1.82, 2.24) is 9.88 Å². The van der Waals surface area contributed by atoms with Crippen molar-refractivity contribution in [2.75, 3.05) is 38.6 Å². The maximum Gasteiger partial charge on any atom is 0.170 e. The molecule has 1 aromatic heterocycles. The second-order valence-corrected chi connectivity index (χ2v) is 5.45. The first-order chi connectivity index (χ1) is 8.95. The fourth-order valence-corrected chi connectivity index (χ4v) is 1.89. The van der Waals surface area contributed by atoms with E-state index in [9.17, 15) is 4.39 Å². The van der Waals surface area contributed by atoms with E-state index >= 15 is 0 Å². The molecule has 1 aromatic rings. The van der Waals surface area contributed by atoms with E-state index in [4.69, 9.17) is 5.73 Å². The molecular formula is C14H25FN4. The summed E-state index contributed by atoms with van der Waals surface area (Å²) in [6, 6.07) is 1.64. The molecule has 0 unspecified atom stereocenters. The average Bonchev–Trinajstić information content (AvgIpc) is 2.34. The Morgan fingerprint density at radius 3 is 2.53 bits per heavy atom. The van der Waals surface area contributed by atoms with Crippen molar-refractivity contribution in [3.05, 3.63) is 23.6 Å². The summed E-state index contributed by atoms with van der Waals surface area (Å²) >= 11 is 0. The number of anilines is 1. The third-order valence-corrected chi connectivity index (χ3v) is 2.87. The first-order valence-electron chi connectivity index (χ1n) is 6.68. The normalized spacial score (nSPS) is 11.4. The molecule has 0 saturated carbocycles. The van der Waals surface area contributed by atoms with Gasteiger partial charge in [-0.3, -0.25) is 0 Å². The number of likely N-dealkylation sites (N-methyl/N-ethyl adjacent to an activating group) is 1. The highest BCUT2D eigenvalue weighted by Crippen LogP contribution is 2.20. The molecule has 4 nitrogen and oxygen atoms in total. The molecule has 0 amide bonds. The number of nitrogens with two attached hydrogens (primary N) is 1. The fraction of sp³-hybridized carbons (Fsp3) is 0.643. The molecule has 0 aromatic carbocycles. The van der Waals surface area contributed by atoms with Crippen molar-refractivity contribution in [3.63, 3.8) is 0 Å². The maximum absolute atomic E-state index is 14.3. The predicted octanol–water partition coefficient (Wildman–Crippen LogP) is 1.70. The van der Waals surface area contributed by atoms with E-state index in [1.165, 1.54) is 0 Å². The first-order valence-corrected chi connectivity index (χ1v) is 6.68. The lowest BCUT2D eigenvalue weighted by Crippen LogP contribution is -2.35. The van der Waals surface area contributed by atoms with Gasteiger partial charge in [-0.05, 0) is 26.1 Å². The molecule has 0 bridgehead atoms. The van der Waals surface area contributed by atoms with Gasteiger partial charge in [-0.15, -0.1) is 0 Å². The fourth-order valence-electron chi connectivity index (χ4n) is 1.89. The van der Waals surface area contributed by atoms with Crippen LogP contribution >= 0.6 is 0 Å². The number of hydrogen-bond donors (Lipinski definition) is 1. The number of aromatic nitrogens is 1. The minimum absolute atomic E-state index is 0.199. The van der Waals surface area contributed by atoms with Crippen molar-refractivity contribution >= 4 is 5.82 Å². The SMILES string of the molecule is CC(C)CN(CCN(C)C)c1nccc(CN)c1F. The van der Waals surface area contributed by atoms with E-state index in [1.54, 1.807) is 12.3 Å². The van der Waals surface area contributed by atoms with Crippen LogP contribution in [0.1, 0.15) is 19.4 Å². The lowest BCUT2D eigenvalue weighted by atomic mass is 10.2. The lowest BCUT2D eigenvalue weighted by molar-refractivity contribution is 0.406. The smallest absolute Gasteiger partial charge is 0.170 e. The highest BCUT2D eigenvalue weighted by atomic mass is 19.1. The van der Waals surface area contributed by atoms with Crippen LogP contribution in [0.3, 0.4) is 0 Å². The van der Waals surface area contributed by atoms with Gasteiger partial charge in [0, 0.05) is 37.9 Å². The van der Waals surface area contributed by atoms with E-state index in [0.717, 1.165) is 19.6 Å². The summed E-state index contributed by atoms with van der Waals surface area (Å²) < 4.78 is 14.3. The first kappa shape index (κ1) is 15.9. The Labute approximate surface area is 115 Å². The molecule has 0 aliphatic heterocycles. The zero-order valence-corrected chi connectivity index (χ0v) is 12.4. The molecule has 2 N–H and O–H groups in total. The third-order valence-electron chi connectivity index (χ3n) is 2.87. The largest absolute Gasteiger partial charge is 0.353 e. The van der Waals surface area contributed by atoms with E-state index in [-0.39, 0.29) is 12.4 Å². The maximum atomic E-state index is 14.3. The molecule has 0 atom stereocenters. The Morgan fingerprint density at radius 1 is 1.32 bits per heavy atom. The van der Waals surface area contributed by atoms with Crippen LogP contribution in [-0.4, -0.2) is 43.6 Å². The molecule has 108 valence electrons. The summed E-state index contributed by atoms with van der Waals surface area (Å²) in [5.41, 5.74) is 6.07. The summed E-state index contributed by atoms with van der Waals surface area (Å²) in [6.07, 6.45) is 1.63. The number of rotatable bonds is 7. The number of nitrogens with zero attached hydrogens (tertiary/aromatic N) is 3. The van der Waals surface area contributed by atoms with E-state index < -0.39 is 0 Å². The second-order valence-electron chi connectivity index (χ2n) is 5.45. The van der Waals surface area contributed by atoms with E-state index in [2.05, 4.69) is 23.7 Å². The topological polar surface area (TPSA) is 45.4 Å². The van der Waals surface area contributed by atoms with Crippen LogP contribution in [0, 0.1) is 11.7 Å². The highest BCUT2D eigenvalue weighted by Gasteiger charge is 2.16. The quantitative estimate of drug-likeness (QED) is 0.817. The van der Waals surface area contributed by atoms with Crippen LogP contribution in [0.4, 0.5) is 10.2 Å². The second kappa shape index (κ2) is 7.40. The highest BCUT2D eigenvalue weighted by molar-refractivity contribution is 5.43. The molecule has 0 radical (unpaired) electrons. The van der Waals surface area contributed by atoms with Crippen molar-refractivity contribution in [2.45, 2.75) is 20.4 Å². The monoisotopic (exact) mass is 268 g/mol. The number of hydrogen-bond acceptors (Lipinski definition) is 4. The summed E-state index contributed by atoms with van der Waals surface area (Å²) in [7, 11) is 4.02. The summed E-state index contributed by atoms with van der Waals surface area (Å²) in [5.74, 6) is 0.577. The Morgan fingerprint density at radius 2 is 2.00 bits per heavy atom. The zero-order valence-electron chi connectivity index (χ0n) is 12.4. The molecule has 1 rings (SSSR count). The average molecular weight is 268 g/mol. The zero-order chi connectivity index (χ0) is 14.4. The van der Waals surface area contributed by atoms with Crippen LogP contribution in [0.25, 0.3) is 0 Å². The van der Waals surface area contributed by atoms with E-state index in [0.29, 0.717) is 17.3 Å². The standard InChI is InChI=1S/C14H25FN4/c1-11(2)10-19(8-7-18(3)4)14-13(15)12(9-16)5-6-17-14/h5-6,11H,7-10,16H2,1-4H3. The van der Waals surface area contributed by atoms with Gasteiger partial charge in [-0.1, -0.05) is 13.8 Å². The molecule has 0 aliphatic carbocycles. The van der Waals surface area contributed by atoms with Gasteiger partial charge >= 0.3 is 0 Å². The van der Waals surface area contributed by atoms with Gasteiger partial charge in [0.05, 0.1) is 0 Å². The predicted molar refractivity (Wildman–Crippen MR) is 77.7 cm³/mol. The van der Waals surface area contributed by atoms with Gasteiger partial charge in [0.1, 0.15) is 0 Å². The molecule has 1 heterocycles. The van der Waals surface area contributed by atoms with Gasteiger partial charge in [-0.2, -0.15) is 0 Å². The van der Waals surface area contributed by atoms with Crippen molar-refractivity contribution in [2.24, 2.45) is 11.7 Å². The van der Waals surface area contributed by atoms with Crippen LogP contribution in [0.15, 0.2) is 12.3 Å². The third kappa shape index (κ3) is 4.76. The number of pyridine rings is 1. The van der Waals surface area contributed by atoms with Crippen LogP contribution in [0.2, 0.25) is 0 Å².